The molecule has 0 saturated carbocycles. The van der Waals surface area contributed by atoms with Crippen molar-refractivity contribution in [3.8, 4) is 0 Å². The quantitative estimate of drug-likeness (QED) is 0.640. The molecular formula is C17H22SSi. The number of rotatable bonds is 4. The van der Waals surface area contributed by atoms with Gasteiger partial charge in [0, 0.05) is 4.90 Å². The maximum absolute atomic E-state index is 4.61. The second-order valence-electron chi connectivity index (χ2n) is 5.10. The molecule has 0 aliphatic rings. The Morgan fingerprint density at radius 3 is 2.11 bits per heavy atom. The fourth-order valence-electron chi connectivity index (χ4n) is 3.09. The zero-order valence-electron chi connectivity index (χ0n) is 12.0. The van der Waals surface area contributed by atoms with Crippen LogP contribution in [0.2, 0.25) is 12.1 Å². The Morgan fingerprint density at radius 1 is 0.895 bits per heavy atom. The highest BCUT2D eigenvalue weighted by Crippen LogP contribution is 2.20. The summed E-state index contributed by atoms with van der Waals surface area (Å²) in [6.07, 6.45) is 0. The lowest BCUT2D eigenvalue weighted by atomic mass is 10.2. The molecule has 0 saturated heterocycles. The smallest absolute Gasteiger partial charge is 0.118 e. The van der Waals surface area contributed by atoms with Gasteiger partial charge in [-0.15, -0.1) is 12.6 Å². The van der Waals surface area contributed by atoms with Gasteiger partial charge in [-0.25, -0.2) is 0 Å². The van der Waals surface area contributed by atoms with E-state index in [1.165, 1.54) is 17.7 Å². The molecule has 0 bridgehead atoms. The third-order valence-corrected chi connectivity index (χ3v) is 10.3. The summed E-state index contributed by atoms with van der Waals surface area (Å²) in [7, 11) is -1.62. The number of hydrogen-bond acceptors (Lipinski definition) is 1. The Bertz CT molecular complexity index is 544. The summed E-state index contributed by atoms with van der Waals surface area (Å²) in [5, 5.41) is 3.10. The monoisotopic (exact) mass is 286 g/mol. The van der Waals surface area contributed by atoms with Crippen LogP contribution in [0.5, 0.6) is 0 Å². The maximum Gasteiger partial charge on any atom is 0.118 e. The summed E-state index contributed by atoms with van der Waals surface area (Å²) >= 11 is 4.61. The van der Waals surface area contributed by atoms with E-state index in [0.717, 1.165) is 4.90 Å². The second-order valence-corrected chi connectivity index (χ2v) is 10.3. The molecule has 0 aromatic heterocycles. The minimum Gasteiger partial charge on any atom is -0.143 e. The molecule has 100 valence electrons. The van der Waals surface area contributed by atoms with Gasteiger partial charge in [0.05, 0.1) is 0 Å². The third kappa shape index (κ3) is 2.52. The molecule has 0 N–H and O–H groups in total. The minimum absolute atomic E-state index is 1.12. The Balaban J connectivity index is 2.66. The molecule has 0 aliphatic carbocycles. The van der Waals surface area contributed by atoms with Crippen molar-refractivity contribution in [2.75, 3.05) is 0 Å². The highest BCUT2D eigenvalue weighted by molar-refractivity contribution is 7.80. The Morgan fingerprint density at radius 2 is 1.53 bits per heavy atom. The molecule has 0 heterocycles. The van der Waals surface area contributed by atoms with Crippen molar-refractivity contribution in [2.45, 2.75) is 37.8 Å². The van der Waals surface area contributed by atoms with Gasteiger partial charge in [-0.3, -0.25) is 0 Å². The highest BCUT2D eigenvalue weighted by atomic mass is 32.1. The summed E-state index contributed by atoms with van der Waals surface area (Å²) in [6.45, 7) is 6.90. The van der Waals surface area contributed by atoms with E-state index in [9.17, 15) is 0 Å². The summed E-state index contributed by atoms with van der Waals surface area (Å²) in [5.41, 5.74) is 1.37. The van der Waals surface area contributed by atoms with Gasteiger partial charge in [0.1, 0.15) is 8.07 Å². The Hall–Kier alpha value is -0.993. The van der Waals surface area contributed by atoms with Gasteiger partial charge in [0.2, 0.25) is 0 Å². The molecule has 0 nitrogen and oxygen atoms in total. The number of hydrogen-bond donors (Lipinski definition) is 1. The molecule has 2 aromatic carbocycles. The molecule has 0 radical (unpaired) electrons. The van der Waals surface area contributed by atoms with E-state index in [4.69, 9.17) is 0 Å². The van der Waals surface area contributed by atoms with E-state index in [2.05, 4.69) is 81.9 Å². The molecule has 2 aromatic rings. The molecule has 0 unspecified atom stereocenters. The van der Waals surface area contributed by atoms with Crippen molar-refractivity contribution < 1.29 is 0 Å². The predicted octanol–water partition coefficient (Wildman–Crippen LogP) is 3.89. The summed E-state index contributed by atoms with van der Waals surface area (Å²) in [4.78, 5) is 1.12. The van der Waals surface area contributed by atoms with E-state index in [-0.39, 0.29) is 0 Å². The zero-order chi connectivity index (χ0) is 13.9. The molecule has 19 heavy (non-hydrogen) atoms. The maximum atomic E-state index is 4.61. The fraction of sp³-hybridized carbons (Fsp3) is 0.294. The van der Waals surface area contributed by atoms with Crippen molar-refractivity contribution >= 4 is 31.1 Å². The topological polar surface area (TPSA) is 0 Å². The molecule has 0 spiro atoms. The van der Waals surface area contributed by atoms with Crippen LogP contribution in [0.3, 0.4) is 0 Å². The van der Waals surface area contributed by atoms with Gasteiger partial charge in [-0.1, -0.05) is 78.8 Å². The normalized spacial score (nSPS) is 11.6. The first-order valence-electron chi connectivity index (χ1n) is 7.00. The fourth-order valence-corrected chi connectivity index (χ4v) is 7.89. The van der Waals surface area contributed by atoms with Gasteiger partial charge in [-0.2, -0.15) is 0 Å². The molecule has 0 aliphatic heterocycles. The average Bonchev–Trinajstić information content (AvgIpc) is 2.46. The van der Waals surface area contributed by atoms with Crippen molar-refractivity contribution in [3.63, 3.8) is 0 Å². The van der Waals surface area contributed by atoms with Crippen molar-refractivity contribution in [2.24, 2.45) is 0 Å². The van der Waals surface area contributed by atoms with Crippen molar-refractivity contribution in [3.05, 3.63) is 54.1 Å². The molecule has 0 fully saturated rings. The Kier molecular flexibility index (Phi) is 4.53. The third-order valence-electron chi connectivity index (χ3n) is 4.35. The van der Waals surface area contributed by atoms with Crippen LogP contribution in [0.1, 0.15) is 19.4 Å². The van der Waals surface area contributed by atoms with Crippen LogP contribution in [0.25, 0.3) is 0 Å². The molecule has 2 rings (SSSR count). The first-order chi connectivity index (χ1) is 9.15. The van der Waals surface area contributed by atoms with Gasteiger partial charge in [-0.05, 0) is 18.6 Å². The first-order valence-corrected chi connectivity index (χ1v) is 9.86. The molecule has 0 amide bonds. The van der Waals surface area contributed by atoms with E-state index in [0.29, 0.717) is 0 Å². The van der Waals surface area contributed by atoms with Crippen molar-refractivity contribution in [1.29, 1.82) is 0 Å². The van der Waals surface area contributed by atoms with Crippen LogP contribution in [-0.2, 0) is 0 Å². The largest absolute Gasteiger partial charge is 0.143 e. The average molecular weight is 287 g/mol. The summed E-state index contributed by atoms with van der Waals surface area (Å²) < 4.78 is 0. The molecular weight excluding hydrogens is 264 g/mol. The minimum atomic E-state index is -1.62. The standard InChI is InChI=1S/C17H22SSi/c1-4-19(5-2,15-10-7-6-8-11-15)17-13-9-12-16(18)14(17)3/h6-13,18H,4-5H2,1-3H3. The van der Waals surface area contributed by atoms with Crippen LogP contribution in [-0.4, -0.2) is 8.07 Å². The van der Waals surface area contributed by atoms with Crippen LogP contribution < -0.4 is 10.4 Å². The first kappa shape index (κ1) is 14.4. The molecule has 2 heteroatoms. The van der Waals surface area contributed by atoms with Crippen LogP contribution in [0, 0.1) is 6.92 Å². The van der Waals surface area contributed by atoms with Gasteiger partial charge < -0.3 is 0 Å². The summed E-state index contributed by atoms with van der Waals surface area (Å²) in [6, 6.07) is 20.1. The van der Waals surface area contributed by atoms with Crippen LogP contribution in [0.4, 0.5) is 0 Å². The number of benzene rings is 2. The lowest BCUT2D eigenvalue weighted by Gasteiger charge is -2.32. The second kappa shape index (κ2) is 5.97. The van der Waals surface area contributed by atoms with Crippen molar-refractivity contribution in [1.82, 2.24) is 0 Å². The zero-order valence-corrected chi connectivity index (χ0v) is 13.9. The SMILES string of the molecule is CC[Si](CC)(c1ccccc1)c1cccc(S)c1C. The van der Waals surface area contributed by atoms with E-state index in [1.807, 2.05) is 0 Å². The van der Waals surface area contributed by atoms with Crippen LogP contribution in [0.15, 0.2) is 53.4 Å². The Labute approximate surface area is 123 Å². The van der Waals surface area contributed by atoms with Gasteiger partial charge in [0.15, 0.2) is 0 Å². The number of thiol groups is 1. The predicted molar refractivity (Wildman–Crippen MR) is 90.9 cm³/mol. The van der Waals surface area contributed by atoms with Crippen LogP contribution >= 0.6 is 12.6 Å². The highest BCUT2D eigenvalue weighted by Gasteiger charge is 2.34. The lowest BCUT2D eigenvalue weighted by Crippen LogP contribution is -2.58. The van der Waals surface area contributed by atoms with E-state index < -0.39 is 8.07 Å². The molecule has 0 atom stereocenters. The summed E-state index contributed by atoms with van der Waals surface area (Å²) in [5.74, 6) is 0. The lowest BCUT2D eigenvalue weighted by molar-refractivity contribution is 1.26. The van der Waals surface area contributed by atoms with E-state index >= 15 is 0 Å². The van der Waals surface area contributed by atoms with E-state index in [1.54, 1.807) is 10.4 Å². The van der Waals surface area contributed by atoms with Gasteiger partial charge in [0.25, 0.3) is 0 Å². The van der Waals surface area contributed by atoms with Gasteiger partial charge >= 0.3 is 0 Å².